The molecular formula is C11H14ClN3O2S. The molecule has 1 aromatic rings. The SMILES string of the molecule is O=C(NC1CC1)C1COCCN1c1nc(Cl)cs1. The maximum atomic E-state index is 12.2. The van der Waals surface area contributed by atoms with E-state index in [0.29, 0.717) is 31.0 Å². The number of hydrogen-bond donors (Lipinski definition) is 1. The van der Waals surface area contributed by atoms with Crippen LogP contribution in [-0.4, -0.2) is 42.7 Å². The maximum Gasteiger partial charge on any atom is 0.245 e. The fraction of sp³-hybridized carbons (Fsp3) is 0.636. The number of thiazole rings is 1. The van der Waals surface area contributed by atoms with Crippen molar-refractivity contribution < 1.29 is 9.53 Å². The second-order valence-electron chi connectivity index (χ2n) is 4.52. The molecule has 2 aliphatic rings. The van der Waals surface area contributed by atoms with Gasteiger partial charge < -0.3 is 15.0 Å². The number of halogens is 1. The molecule has 1 aromatic heterocycles. The molecule has 7 heteroatoms. The fourth-order valence-corrected chi connectivity index (χ4v) is 2.98. The zero-order chi connectivity index (χ0) is 12.5. The highest BCUT2D eigenvalue weighted by atomic mass is 35.5. The minimum absolute atomic E-state index is 0.0310. The number of aromatic nitrogens is 1. The Morgan fingerprint density at radius 1 is 1.61 bits per heavy atom. The van der Waals surface area contributed by atoms with Crippen molar-refractivity contribution in [1.82, 2.24) is 10.3 Å². The van der Waals surface area contributed by atoms with Crippen molar-refractivity contribution in [3.8, 4) is 0 Å². The van der Waals surface area contributed by atoms with Gasteiger partial charge in [-0.2, -0.15) is 0 Å². The van der Waals surface area contributed by atoms with Gasteiger partial charge >= 0.3 is 0 Å². The molecule has 1 unspecified atom stereocenters. The molecule has 98 valence electrons. The Balaban J connectivity index is 1.74. The summed E-state index contributed by atoms with van der Waals surface area (Å²) in [5, 5.41) is 6.06. The maximum absolute atomic E-state index is 12.2. The van der Waals surface area contributed by atoms with Crippen LogP contribution in [0.25, 0.3) is 0 Å². The Bertz CT molecular complexity index is 449. The number of rotatable bonds is 3. The highest BCUT2D eigenvalue weighted by molar-refractivity contribution is 7.14. The van der Waals surface area contributed by atoms with E-state index in [1.54, 1.807) is 5.38 Å². The summed E-state index contributed by atoms with van der Waals surface area (Å²) in [5.74, 6) is 0.0310. The van der Waals surface area contributed by atoms with Gasteiger partial charge in [0.25, 0.3) is 0 Å². The average molecular weight is 288 g/mol. The van der Waals surface area contributed by atoms with Crippen molar-refractivity contribution in [3.63, 3.8) is 0 Å². The third kappa shape index (κ3) is 2.60. The van der Waals surface area contributed by atoms with E-state index in [1.807, 2.05) is 4.90 Å². The standard InChI is InChI=1S/C11H14ClN3O2S/c12-9-6-18-11(14-9)15-3-4-17-5-8(15)10(16)13-7-1-2-7/h6-8H,1-5H2,(H,13,16). The molecule has 0 bridgehead atoms. The van der Waals surface area contributed by atoms with Gasteiger partial charge in [-0.1, -0.05) is 11.6 Å². The fourth-order valence-electron chi connectivity index (χ4n) is 1.95. The number of morpholine rings is 1. The van der Waals surface area contributed by atoms with Crippen LogP contribution in [0.5, 0.6) is 0 Å². The molecule has 0 radical (unpaired) electrons. The van der Waals surface area contributed by atoms with E-state index in [2.05, 4.69) is 10.3 Å². The summed E-state index contributed by atoms with van der Waals surface area (Å²) in [6.07, 6.45) is 2.17. The van der Waals surface area contributed by atoms with Gasteiger partial charge in [0.2, 0.25) is 5.91 Å². The number of carbonyl (C=O) groups excluding carboxylic acids is 1. The molecule has 5 nitrogen and oxygen atoms in total. The summed E-state index contributed by atoms with van der Waals surface area (Å²) < 4.78 is 5.41. The quantitative estimate of drug-likeness (QED) is 0.910. The van der Waals surface area contributed by atoms with Crippen molar-refractivity contribution in [1.29, 1.82) is 0 Å². The second kappa shape index (κ2) is 5.03. The monoisotopic (exact) mass is 287 g/mol. The van der Waals surface area contributed by atoms with Crippen LogP contribution in [0.15, 0.2) is 5.38 Å². The Morgan fingerprint density at radius 3 is 3.11 bits per heavy atom. The van der Waals surface area contributed by atoms with Gasteiger partial charge in [-0.3, -0.25) is 4.79 Å². The third-order valence-electron chi connectivity index (χ3n) is 3.06. The van der Waals surface area contributed by atoms with Gasteiger partial charge in [0.15, 0.2) is 5.13 Å². The lowest BCUT2D eigenvalue weighted by molar-refractivity contribution is -0.124. The number of ether oxygens (including phenoxy) is 1. The first-order valence-corrected chi connectivity index (χ1v) is 7.25. The predicted molar refractivity (Wildman–Crippen MR) is 70.2 cm³/mol. The van der Waals surface area contributed by atoms with E-state index in [9.17, 15) is 4.79 Å². The molecule has 2 fully saturated rings. The van der Waals surface area contributed by atoms with Gasteiger partial charge in [0.05, 0.1) is 13.2 Å². The lowest BCUT2D eigenvalue weighted by Crippen LogP contribution is -2.54. The van der Waals surface area contributed by atoms with Gasteiger partial charge in [-0.15, -0.1) is 11.3 Å². The van der Waals surface area contributed by atoms with Gasteiger partial charge in [-0.25, -0.2) is 4.98 Å². The summed E-state index contributed by atoms with van der Waals surface area (Å²) in [5.41, 5.74) is 0. The molecular weight excluding hydrogens is 274 g/mol. The minimum Gasteiger partial charge on any atom is -0.377 e. The van der Waals surface area contributed by atoms with Crippen molar-refractivity contribution in [2.75, 3.05) is 24.7 Å². The zero-order valence-corrected chi connectivity index (χ0v) is 11.3. The Hall–Kier alpha value is -0.850. The van der Waals surface area contributed by atoms with Crippen LogP contribution in [-0.2, 0) is 9.53 Å². The molecule has 1 aliphatic carbocycles. The van der Waals surface area contributed by atoms with Gasteiger partial charge in [-0.05, 0) is 12.8 Å². The number of hydrogen-bond acceptors (Lipinski definition) is 5. The van der Waals surface area contributed by atoms with E-state index >= 15 is 0 Å². The Labute approximate surface area is 114 Å². The third-order valence-corrected chi connectivity index (χ3v) is 4.27. The van der Waals surface area contributed by atoms with Crippen molar-refractivity contribution in [2.24, 2.45) is 0 Å². The molecule has 1 saturated carbocycles. The summed E-state index contributed by atoms with van der Waals surface area (Å²) in [7, 11) is 0. The first-order valence-electron chi connectivity index (χ1n) is 6.00. The van der Waals surface area contributed by atoms with Crippen molar-refractivity contribution in [2.45, 2.75) is 24.9 Å². The van der Waals surface area contributed by atoms with Crippen LogP contribution in [0, 0.1) is 0 Å². The molecule has 2 heterocycles. The molecule has 1 amide bonds. The van der Waals surface area contributed by atoms with Crippen LogP contribution < -0.4 is 10.2 Å². The van der Waals surface area contributed by atoms with Crippen molar-refractivity contribution in [3.05, 3.63) is 10.5 Å². The number of anilines is 1. The van der Waals surface area contributed by atoms with E-state index in [1.165, 1.54) is 11.3 Å². The zero-order valence-electron chi connectivity index (χ0n) is 9.76. The summed E-state index contributed by atoms with van der Waals surface area (Å²) in [6.45, 7) is 1.70. The topological polar surface area (TPSA) is 54.5 Å². The first kappa shape index (κ1) is 12.2. The van der Waals surface area contributed by atoms with Gasteiger partial charge in [0.1, 0.15) is 11.2 Å². The van der Waals surface area contributed by atoms with Crippen LogP contribution in [0.3, 0.4) is 0 Å². The Morgan fingerprint density at radius 2 is 2.44 bits per heavy atom. The summed E-state index contributed by atoms with van der Waals surface area (Å²) >= 11 is 7.30. The van der Waals surface area contributed by atoms with Crippen LogP contribution in [0.4, 0.5) is 5.13 Å². The molecule has 3 rings (SSSR count). The second-order valence-corrected chi connectivity index (χ2v) is 5.74. The minimum atomic E-state index is -0.290. The summed E-state index contributed by atoms with van der Waals surface area (Å²) in [6, 6.07) is 0.0720. The van der Waals surface area contributed by atoms with Crippen LogP contribution in [0.2, 0.25) is 5.15 Å². The largest absolute Gasteiger partial charge is 0.377 e. The first-order chi connectivity index (χ1) is 8.74. The normalized spacial score (nSPS) is 24.1. The highest BCUT2D eigenvalue weighted by Gasteiger charge is 2.34. The molecule has 1 aliphatic heterocycles. The van der Waals surface area contributed by atoms with E-state index in [-0.39, 0.29) is 11.9 Å². The van der Waals surface area contributed by atoms with Crippen LogP contribution in [0.1, 0.15) is 12.8 Å². The smallest absolute Gasteiger partial charge is 0.245 e. The Kier molecular flexibility index (Phi) is 3.41. The van der Waals surface area contributed by atoms with E-state index in [4.69, 9.17) is 16.3 Å². The lowest BCUT2D eigenvalue weighted by atomic mass is 10.2. The molecule has 0 spiro atoms. The molecule has 1 atom stereocenters. The van der Waals surface area contributed by atoms with Gasteiger partial charge in [0, 0.05) is 18.0 Å². The number of amides is 1. The average Bonchev–Trinajstić information content (AvgIpc) is 3.08. The number of carbonyl (C=O) groups is 1. The molecule has 0 aromatic carbocycles. The summed E-state index contributed by atoms with van der Waals surface area (Å²) in [4.78, 5) is 18.4. The molecule has 18 heavy (non-hydrogen) atoms. The van der Waals surface area contributed by atoms with Crippen molar-refractivity contribution >= 4 is 34.0 Å². The lowest BCUT2D eigenvalue weighted by Gasteiger charge is -2.34. The highest BCUT2D eigenvalue weighted by Crippen LogP contribution is 2.27. The molecule has 1 saturated heterocycles. The van der Waals surface area contributed by atoms with E-state index in [0.717, 1.165) is 18.0 Å². The molecule has 1 N–H and O–H groups in total. The number of nitrogens with one attached hydrogen (secondary N) is 1. The predicted octanol–water partition coefficient (Wildman–Crippen LogP) is 1.28. The van der Waals surface area contributed by atoms with E-state index < -0.39 is 0 Å². The van der Waals surface area contributed by atoms with Crippen LogP contribution >= 0.6 is 22.9 Å². The number of nitrogens with zero attached hydrogens (tertiary/aromatic N) is 2.